The molecule has 2 N–H and O–H groups in total. The summed E-state index contributed by atoms with van der Waals surface area (Å²) in [6, 6.07) is 14.9. The Balaban J connectivity index is 2.00. The van der Waals surface area contributed by atoms with Gasteiger partial charge in [0.15, 0.2) is 11.5 Å². The second kappa shape index (κ2) is 6.86. The van der Waals surface area contributed by atoms with Crippen molar-refractivity contribution in [2.24, 2.45) is 5.73 Å². The van der Waals surface area contributed by atoms with E-state index >= 15 is 0 Å². The van der Waals surface area contributed by atoms with E-state index in [0.29, 0.717) is 41.7 Å². The van der Waals surface area contributed by atoms with Gasteiger partial charge in [0.05, 0.1) is 5.69 Å². The molecule has 1 amide bonds. The van der Waals surface area contributed by atoms with E-state index in [9.17, 15) is 4.79 Å². The molecular formula is C18H17ClN2O2. The van der Waals surface area contributed by atoms with Crippen LogP contribution in [0.4, 0.5) is 5.69 Å². The lowest BCUT2D eigenvalue weighted by Crippen LogP contribution is -2.38. The maximum atomic E-state index is 12.8. The predicted octanol–water partition coefficient (Wildman–Crippen LogP) is 3.46. The molecule has 0 aliphatic carbocycles. The van der Waals surface area contributed by atoms with Crippen molar-refractivity contribution >= 4 is 29.3 Å². The topological polar surface area (TPSA) is 55.6 Å². The van der Waals surface area contributed by atoms with Crippen molar-refractivity contribution in [1.29, 1.82) is 0 Å². The third-order valence-electron chi connectivity index (χ3n) is 3.57. The number of amides is 1. The van der Waals surface area contributed by atoms with Gasteiger partial charge < -0.3 is 15.4 Å². The number of anilines is 1. The standard InChI is InChI=1S/C18H17ClN2O2/c19-14-7-8-16-15(12-14)21(10-4-9-20)18(22)17(23-16)11-13-5-2-1-3-6-13/h1-3,5-8,11-12H,4,9-10,20H2/b17-11+. The summed E-state index contributed by atoms with van der Waals surface area (Å²) in [5, 5.41) is 0.563. The van der Waals surface area contributed by atoms with Gasteiger partial charge in [-0.2, -0.15) is 0 Å². The SMILES string of the molecule is NCCCN1C(=O)/C(=C\c2ccccc2)Oc2ccc(Cl)cc21. The number of nitrogens with zero attached hydrogens (tertiary/aromatic N) is 1. The van der Waals surface area contributed by atoms with Crippen LogP contribution in [0.3, 0.4) is 0 Å². The third kappa shape index (κ3) is 3.38. The Morgan fingerprint density at radius 1 is 1.17 bits per heavy atom. The molecule has 0 spiro atoms. The fourth-order valence-corrected chi connectivity index (χ4v) is 2.62. The minimum absolute atomic E-state index is 0.183. The summed E-state index contributed by atoms with van der Waals surface area (Å²) in [4.78, 5) is 14.4. The van der Waals surface area contributed by atoms with E-state index in [0.717, 1.165) is 5.56 Å². The van der Waals surface area contributed by atoms with Crippen LogP contribution in [-0.2, 0) is 4.79 Å². The van der Waals surface area contributed by atoms with Crippen LogP contribution in [0.5, 0.6) is 5.75 Å². The Bertz CT molecular complexity index is 744. The lowest BCUT2D eigenvalue weighted by Gasteiger charge is -2.30. The van der Waals surface area contributed by atoms with Crippen molar-refractivity contribution in [2.75, 3.05) is 18.0 Å². The highest BCUT2D eigenvalue weighted by atomic mass is 35.5. The minimum atomic E-state index is -0.183. The molecule has 1 aliphatic rings. The van der Waals surface area contributed by atoms with Crippen molar-refractivity contribution in [3.63, 3.8) is 0 Å². The molecule has 0 aromatic heterocycles. The number of rotatable bonds is 4. The van der Waals surface area contributed by atoms with Gasteiger partial charge in [-0.05, 0) is 42.8 Å². The molecule has 118 valence electrons. The summed E-state index contributed by atoms with van der Waals surface area (Å²) < 4.78 is 5.79. The average Bonchev–Trinajstić information content (AvgIpc) is 2.56. The Kier molecular flexibility index (Phi) is 4.65. The number of ether oxygens (including phenoxy) is 1. The average molecular weight is 329 g/mol. The van der Waals surface area contributed by atoms with E-state index in [1.165, 1.54) is 0 Å². The Morgan fingerprint density at radius 3 is 2.70 bits per heavy atom. The largest absolute Gasteiger partial charge is 0.449 e. The zero-order valence-electron chi connectivity index (χ0n) is 12.5. The lowest BCUT2D eigenvalue weighted by atomic mass is 10.1. The molecule has 23 heavy (non-hydrogen) atoms. The molecule has 2 aromatic rings. The molecule has 0 saturated heterocycles. The van der Waals surface area contributed by atoms with E-state index in [4.69, 9.17) is 22.1 Å². The summed E-state index contributed by atoms with van der Waals surface area (Å²) in [6.45, 7) is 1.04. The van der Waals surface area contributed by atoms with Crippen LogP contribution in [0.2, 0.25) is 5.02 Å². The number of carbonyl (C=O) groups is 1. The number of hydrogen-bond acceptors (Lipinski definition) is 3. The van der Waals surface area contributed by atoms with Crippen molar-refractivity contribution in [3.05, 3.63) is 64.9 Å². The van der Waals surface area contributed by atoms with E-state index in [-0.39, 0.29) is 5.91 Å². The normalized spacial score (nSPS) is 15.5. The van der Waals surface area contributed by atoms with Crippen LogP contribution in [0.15, 0.2) is 54.3 Å². The van der Waals surface area contributed by atoms with E-state index < -0.39 is 0 Å². The van der Waals surface area contributed by atoms with Crippen LogP contribution < -0.4 is 15.4 Å². The number of benzene rings is 2. The van der Waals surface area contributed by atoms with Crippen LogP contribution >= 0.6 is 11.6 Å². The fraction of sp³-hybridized carbons (Fsp3) is 0.167. The van der Waals surface area contributed by atoms with Gasteiger partial charge in [0, 0.05) is 11.6 Å². The van der Waals surface area contributed by atoms with Gasteiger partial charge in [-0.3, -0.25) is 4.79 Å². The first-order chi connectivity index (χ1) is 11.2. The van der Waals surface area contributed by atoms with Gasteiger partial charge in [0.2, 0.25) is 0 Å². The zero-order valence-corrected chi connectivity index (χ0v) is 13.3. The molecule has 0 bridgehead atoms. The number of fused-ring (bicyclic) bond motifs is 1. The quantitative estimate of drug-likeness (QED) is 0.874. The summed E-state index contributed by atoms with van der Waals surface area (Å²) in [7, 11) is 0. The van der Waals surface area contributed by atoms with Crippen molar-refractivity contribution in [1.82, 2.24) is 0 Å². The maximum Gasteiger partial charge on any atom is 0.294 e. The van der Waals surface area contributed by atoms with Gasteiger partial charge >= 0.3 is 0 Å². The molecule has 2 aromatic carbocycles. The van der Waals surface area contributed by atoms with E-state index in [2.05, 4.69) is 0 Å². The number of nitrogens with two attached hydrogens (primary N) is 1. The van der Waals surface area contributed by atoms with E-state index in [1.54, 1.807) is 29.2 Å². The first-order valence-corrected chi connectivity index (χ1v) is 7.83. The number of hydrogen-bond donors (Lipinski definition) is 1. The summed E-state index contributed by atoms with van der Waals surface area (Å²) in [5.41, 5.74) is 7.18. The Morgan fingerprint density at radius 2 is 1.96 bits per heavy atom. The second-order valence-electron chi connectivity index (χ2n) is 5.23. The highest BCUT2D eigenvalue weighted by Gasteiger charge is 2.30. The summed E-state index contributed by atoms with van der Waals surface area (Å²) in [6.07, 6.45) is 2.45. The van der Waals surface area contributed by atoms with Gasteiger partial charge in [-0.15, -0.1) is 0 Å². The molecule has 4 nitrogen and oxygen atoms in total. The molecule has 0 fully saturated rings. The van der Waals surface area contributed by atoms with Crippen LogP contribution in [0.1, 0.15) is 12.0 Å². The van der Waals surface area contributed by atoms with Gasteiger partial charge in [-0.25, -0.2) is 0 Å². The molecule has 1 heterocycles. The fourth-order valence-electron chi connectivity index (χ4n) is 2.46. The molecule has 0 atom stereocenters. The van der Waals surface area contributed by atoms with Crippen LogP contribution in [0, 0.1) is 0 Å². The Labute approximate surface area is 140 Å². The molecule has 1 aliphatic heterocycles. The second-order valence-corrected chi connectivity index (χ2v) is 5.67. The smallest absolute Gasteiger partial charge is 0.294 e. The predicted molar refractivity (Wildman–Crippen MR) is 92.5 cm³/mol. The molecule has 0 radical (unpaired) electrons. The molecule has 0 unspecified atom stereocenters. The van der Waals surface area contributed by atoms with Crippen molar-refractivity contribution in [2.45, 2.75) is 6.42 Å². The van der Waals surface area contributed by atoms with Crippen molar-refractivity contribution in [3.8, 4) is 5.75 Å². The van der Waals surface area contributed by atoms with Gasteiger partial charge in [0.25, 0.3) is 5.91 Å². The molecular weight excluding hydrogens is 312 g/mol. The lowest BCUT2D eigenvalue weighted by molar-refractivity contribution is -0.117. The van der Waals surface area contributed by atoms with Crippen LogP contribution in [-0.4, -0.2) is 19.0 Å². The summed E-state index contributed by atoms with van der Waals surface area (Å²) >= 11 is 6.06. The summed E-state index contributed by atoms with van der Waals surface area (Å²) in [5.74, 6) is 0.730. The molecule has 0 saturated carbocycles. The maximum absolute atomic E-state index is 12.8. The first kappa shape index (κ1) is 15.6. The minimum Gasteiger partial charge on any atom is -0.449 e. The highest BCUT2D eigenvalue weighted by molar-refractivity contribution is 6.31. The van der Waals surface area contributed by atoms with Crippen LogP contribution in [0.25, 0.3) is 6.08 Å². The number of halogens is 1. The van der Waals surface area contributed by atoms with E-state index in [1.807, 2.05) is 30.3 Å². The first-order valence-electron chi connectivity index (χ1n) is 7.45. The van der Waals surface area contributed by atoms with Crippen molar-refractivity contribution < 1.29 is 9.53 Å². The monoisotopic (exact) mass is 328 g/mol. The van der Waals surface area contributed by atoms with Gasteiger partial charge in [0.1, 0.15) is 0 Å². The highest BCUT2D eigenvalue weighted by Crippen LogP contribution is 2.37. The molecule has 5 heteroatoms. The zero-order chi connectivity index (χ0) is 16.2. The number of carbonyl (C=O) groups excluding carboxylic acids is 1. The third-order valence-corrected chi connectivity index (χ3v) is 3.81. The van der Waals surface area contributed by atoms with Gasteiger partial charge in [-0.1, -0.05) is 41.9 Å². The molecule has 3 rings (SSSR count). The Hall–Kier alpha value is -2.30.